The van der Waals surface area contributed by atoms with Gasteiger partial charge in [0.15, 0.2) is 0 Å². The highest BCUT2D eigenvalue weighted by atomic mass is 16.5. The Labute approximate surface area is 196 Å². The largest absolute Gasteiger partial charge is 0.489 e. The molecule has 2 aliphatic carbocycles. The average molecular weight is 469 g/mol. The molecule has 2 saturated carbocycles. The number of carboxylic acid groups (broad SMARTS) is 1. The van der Waals surface area contributed by atoms with Gasteiger partial charge in [-0.1, -0.05) is 15.4 Å². The lowest BCUT2D eigenvalue weighted by atomic mass is 9.87. The van der Waals surface area contributed by atoms with E-state index in [9.17, 15) is 9.90 Å². The molecule has 12 heteroatoms. The number of tetrazole rings is 1. The first-order chi connectivity index (χ1) is 16.5. The number of pyridine rings is 1. The fourth-order valence-electron chi connectivity index (χ4n) is 4.23. The summed E-state index contributed by atoms with van der Waals surface area (Å²) < 4.78 is 13.5. The molecule has 0 aliphatic heterocycles. The van der Waals surface area contributed by atoms with Crippen molar-refractivity contribution in [1.82, 2.24) is 40.2 Å². The lowest BCUT2D eigenvalue weighted by Crippen LogP contribution is -2.29. The van der Waals surface area contributed by atoms with Crippen LogP contribution in [0.1, 0.15) is 49.9 Å². The van der Waals surface area contributed by atoms with E-state index in [1.165, 1.54) is 12.8 Å². The molecule has 0 radical (unpaired) electrons. The van der Waals surface area contributed by atoms with Crippen LogP contribution in [0.15, 0.2) is 12.1 Å². The normalized spacial score (nSPS) is 20.3. The van der Waals surface area contributed by atoms with Crippen LogP contribution in [0.3, 0.4) is 0 Å². The van der Waals surface area contributed by atoms with Crippen molar-refractivity contribution in [3.8, 4) is 23.1 Å². The lowest BCUT2D eigenvalue weighted by Gasteiger charge is -2.27. The molecule has 2 fully saturated rings. The van der Waals surface area contributed by atoms with E-state index < -0.39 is 5.97 Å². The molecular weight excluding hydrogens is 440 g/mol. The molecule has 5 rings (SSSR count). The van der Waals surface area contributed by atoms with E-state index in [2.05, 4.69) is 30.7 Å². The summed E-state index contributed by atoms with van der Waals surface area (Å²) in [7, 11) is 1.79. The standard InChI is InChI=1S/C22H28N8O4/c1-13-19(34-16-5-3-4-15(10-16)21(31)32)9-8-17(23-13)20-18(29(2)27-24-20)12-33-22-25-28-30(26-22)11-14-6-7-14/h8-9,14-16H,3-7,10-12H2,1-2H3,(H,31,32)/t15-,16-/m0/s1. The van der Waals surface area contributed by atoms with Crippen molar-refractivity contribution >= 4 is 5.97 Å². The van der Waals surface area contributed by atoms with Crippen LogP contribution in [-0.2, 0) is 25.0 Å². The van der Waals surface area contributed by atoms with Crippen LogP contribution in [0.25, 0.3) is 11.4 Å². The van der Waals surface area contributed by atoms with Gasteiger partial charge in [0.25, 0.3) is 0 Å². The van der Waals surface area contributed by atoms with Gasteiger partial charge in [-0.05, 0) is 68.7 Å². The molecule has 0 aromatic carbocycles. The van der Waals surface area contributed by atoms with Crippen molar-refractivity contribution in [2.45, 2.75) is 64.7 Å². The number of hydrogen-bond acceptors (Lipinski definition) is 9. The molecule has 180 valence electrons. The Morgan fingerprint density at radius 1 is 1.18 bits per heavy atom. The van der Waals surface area contributed by atoms with Crippen LogP contribution in [-0.4, -0.2) is 57.4 Å². The minimum atomic E-state index is -0.753. The quantitative estimate of drug-likeness (QED) is 0.496. The summed E-state index contributed by atoms with van der Waals surface area (Å²) in [5.74, 6) is 0.195. The second kappa shape index (κ2) is 9.35. The monoisotopic (exact) mass is 468 g/mol. The van der Waals surface area contributed by atoms with Gasteiger partial charge in [0.1, 0.15) is 23.7 Å². The van der Waals surface area contributed by atoms with Crippen molar-refractivity contribution in [2.24, 2.45) is 18.9 Å². The minimum Gasteiger partial charge on any atom is -0.489 e. The molecule has 2 atom stereocenters. The summed E-state index contributed by atoms with van der Waals surface area (Å²) in [6.07, 6.45) is 5.20. The maximum absolute atomic E-state index is 11.3. The first-order valence-corrected chi connectivity index (χ1v) is 11.6. The Bertz CT molecular complexity index is 1170. The van der Waals surface area contributed by atoms with Crippen molar-refractivity contribution in [1.29, 1.82) is 0 Å². The van der Waals surface area contributed by atoms with E-state index in [0.29, 0.717) is 41.6 Å². The zero-order valence-electron chi connectivity index (χ0n) is 19.3. The molecule has 0 unspecified atom stereocenters. The zero-order chi connectivity index (χ0) is 23.7. The van der Waals surface area contributed by atoms with Crippen LogP contribution in [0, 0.1) is 18.8 Å². The van der Waals surface area contributed by atoms with E-state index in [4.69, 9.17) is 9.47 Å². The van der Waals surface area contributed by atoms with Crippen LogP contribution in [0.4, 0.5) is 0 Å². The lowest BCUT2D eigenvalue weighted by molar-refractivity contribution is -0.143. The number of nitrogens with zero attached hydrogens (tertiary/aromatic N) is 8. The Morgan fingerprint density at radius 2 is 2.03 bits per heavy atom. The third-order valence-electron chi connectivity index (χ3n) is 6.38. The number of rotatable bonds is 9. The van der Waals surface area contributed by atoms with Crippen molar-refractivity contribution < 1.29 is 19.4 Å². The topological polar surface area (TPSA) is 143 Å². The van der Waals surface area contributed by atoms with Crippen LogP contribution in [0.2, 0.25) is 0 Å². The van der Waals surface area contributed by atoms with Gasteiger partial charge in [0.05, 0.1) is 30.0 Å². The SMILES string of the molecule is Cc1nc(-c2nnn(C)c2COc2nnn(CC3CC3)n2)ccc1O[C@H]1CCC[C@H](C(=O)O)C1. The molecule has 2 aliphatic rings. The van der Waals surface area contributed by atoms with Gasteiger partial charge >= 0.3 is 12.0 Å². The van der Waals surface area contributed by atoms with E-state index in [-0.39, 0.29) is 24.6 Å². The third kappa shape index (κ3) is 5.00. The van der Waals surface area contributed by atoms with Crippen LogP contribution in [0.5, 0.6) is 11.8 Å². The first-order valence-electron chi connectivity index (χ1n) is 11.6. The summed E-state index contributed by atoms with van der Waals surface area (Å²) in [6.45, 7) is 2.81. The van der Waals surface area contributed by atoms with E-state index in [0.717, 1.165) is 25.1 Å². The van der Waals surface area contributed by atoms with Gasteiger partial charge < -0.3 is 14.6 Å². The van der Waals surface area contributed by atoms with E-state index in [1.54, 1.807) is 16.5 Å². The summed E-state index contributed by atoms with van der Waals surface area (Å²) in [6, 6.07) is 3.90. The van der Waals surface area contributed by atoms with E-state index in [1.807, 2.05) is 19.1 Å². The van der Waals surface area contributed by atoms with Gasteiger partial charge in [0, 0.05) is 7.05 Å². The molecule has 3 heterocycles. The fraction of sp³-hybridized carbons (Fsp3) is 0.591. The van der Waals surface area contributed by atoms with Crippen LogP contribution < -0.4 is 9.47 Å². The third-order valence-corrected chi connectivity index (χ3v) is 6.38. The zero-order valence-corrected chi connectivity index (χ0v) is 19.3. The maximum atomic E-state index is 11.3. The minimum absolute atomic E-state index is 0.123. The number of carbonyl (C=O) groups is 1. The average Bonchev–Trinajstić information content (AvgIpc) is 3.40. The van der Waals surface area contributed by atoms with Gasteiger partial charge in [-0.3, -0.25) is 4.79 Å². The smallest absolute Gasteiger partial charge is 0.356 e. The summed E-state index contributed by atoms with van der Waals surface area (Å²) >= 11 is 0. The number of carboxylic acids is 1. The predicted octanol–water partition coefficient (Wildman–Crippen LogP) is 2.18. The molecule has 0 spiro atoms. The number of hydrogen-bond donors (Lipinski definition) is 1. The molecule has 12 nitrogen and oxygen atoms in total. The molecule has 0 amide bonds. The Morgan fingerprint density at radius 3 is 2.79 bits per heavy atom. The predicted molar refractivity (Wildman–Crippen MR) is 118 cm³/mol. The number of aryl methyl sites for hydroxylation is 2. The molecule has 3 aromatic heterocycles. The maximum Gasteiger partial charge on any atom is 0.356 e. The van der Waals surface area contributed by atoms with Gasteiger partial charge in [-0.25, -0.2) is 9.67 Å². The molecule has 0 saturated heterocycles. The number of aliphatic carboxylic acids is 1. The Hall–Kier alpha value is -3.57. The van der Waals surface area contributed by atoms with Crippen molar-refractivity contribution in [3.05, 3.63) is 23.5 Å². The van der Waals surface area contributed by atoms with Crippen molar-refractivity contribution in [3.63, 3.8) is 0 Å². The Kier molecular flexibility index (Phi) is 6.12. The number of aromatic nitrogens is 8. The summed E-state index contributed by atoms with van der Waals surface area (Å²) in [5, 5.41) is 30.0. The highest BCUT2D eigenvalue weighted by Crippen LogP contribution is 2.31. The molecule has 34 heavy (non-hydrogen) atoms. The van der Waals surface area contributed by atoms with Gasteiger partial charge in [-0.2, -0.15) is 4.80 Å². The van der Waals surface area contributed by atoms with Gasteiger partial charge in [0.2, 0.25) is 0 Å². The van der Waals surface area contributed by atoms with Gasteiger partial charge in [-0.15, -0.1) is 5.10 Å². The molecule has 0 bridgehead atoms. The second-order valence-electron chi connectivity index (χ2n) is 9.09. The summed E-state index contributed by atoms with van der Waals surface area (Å²) in [4.78, 5) is 17.6. The summed E-state index contributed by atoms with van der Waals surface area (Å²) in [5.41, 5.74) is 2.69. The molecule has 3 aromatic rings. The Balaban J connectivity index is 1.26. The second-order valence-corrected chi connectivity index (χ2v) is 9.09. The van der Waals surface area contributed by atoms with E-state index >= 15 is 0 Å². The molecule has 1 N–H and O–H groups in total. The highest BCUT2D eigenvalue weighted by molar-refractivity contribution is 5.70. The highest BCUT2D eigenvalue weighted by Gasteiger charge is 2.29. The fourth-order valence-corrected chi connectivity index (χ4v) is 4.23. The van der Waals surface area contributed by atoms with Crippen molar-refractivity contribution in [2.75, 3.05) is 0 Å². The first kappa shape index (κ1) is 22.2. The van der Waals surface area contributed by atoms with Crippen LogP contribution >= 0.6 is 0 Å². The molecular formula is C22H28N8O4. The number of ether oxygens (including phenoxy) is 2.